The quantitative estimate of drug-likeness (QED) is 0.692. The fourth-order valence-corrected chi connectivity index (χ4v) is 2.30. The van der Waals surface area contributed by atoms with E-state index in [1.54, 1.807) is 47.1 Å². The fourth-order valence-electron chi connectivity index (χ4n) is 2.30. The molecular weight excluding hydrogens is 293 g/mol. The normalized spacial score (nSPS) is 10.3. The van der Waals surface area contributed by atoms with Crippen molar-refractivity contribution in [1.82, 2.24) is 9.78 Å². The number of carbonyl (C=O) groups is 1. The summed E-state index contributed by atoms with van der Waals surface area (Å²) in [7, 11) is 0. The van der Waals surface area contributed by atoms with E-state index in [2.05, 4.69) is 5.10 Å². The van der Waals surface area contributed by atoms with Crippen molar-refractivity contribution >= 4 is 5.78 Å². The number of benzene rings is 2. The summed E-state index contributed by atoms with van der Waals surface area (Å²) in [4.78, 5) is 11.4. The Bertz CT molecular complexity index is 903. The third-order valence-corrected chi connectivity index (χ3v) is 3.48. The minimum atomic E-state index is -0.339. The summed E-state index contributed by atoms with van der Waals surface area (Å²) in [5, 5.41) is 13.3. The summed E-state index contributed by atoms with van der Waals surface area (Å²) in [5.41, 5.74) is 3.04. The molecule has 0 bridgehead atoms. The molecule has 1 heterocycles. The lowest BCUT2D eigenvalue weighted by Crippen LogP contribution is -2.00. The Morgan fingerprint density at radius 1 is 1.13 bits per heavy atom. The Hall–Kier alpha value is -3.26. The molecule has 0 radical (unpaired) electrons. The zero-order valence-electron chi connectivity index (χ0n) is 12.3. The fraction of sp³-hybridized carbons (Fsp3) is 0.0556. The molecule has 112 valence electrons. The minimum Gasteiger partial charge on any atom is -0.295 e. The first-order valence-electron chi connectivity index (χ1n) is 6.96. The van der Waals surface area contributed by atoms with Gasteiger partial charge in [-0.2, -0.15) is 10.4 Å². The highest BCUT2D eigenvalue weighted by Gasteiger charge is 2.12. The van der Waals surface area contributed by atoms with Crippen LogP contribution in [0.4, 0.5) is 4.39 Å². The SMILES string of the molecule is CC(=O)c1ccc(-c2cc(C#N)nn2-c2ccc(F)cc2)cc1. The van der Waals surface area contributed by atoms with Gasteiger partial charge in [-0.15, -0.1) is 0 Å². The number of ketones is 1. The third-order valence-electron chi connectivity index (χ3n) is 3.48. The molecule has 0 amide bonds. The van der Waals surface area contributed by atoms with Crippen molar-refractivity contribution in [3.8, 4) is 23.0 Å². The summed E-state index contributed by atoms with van der Waals surface area (Å²) in [6, 6.07) is 16.6. The van der Waals surface area contributed by atoms with E-state index in [0.29, 0.717) is 16.9 Å². The predicted octanol–water partition coefficient (Wildman–Crippen LogP) is 3.75. The molecule has 0 saturated heterocycles. The van der Waals surface area contributed by atoms with Gasteiger partial charge in [-0.05, 0) is 31.2 Å². The van der Waals surface area contributed by atoms with Gasteiger partial charge in [0.15, 0.2) is 11.5 Å². The van der Waals surface area contributed by atoms with E-state index < -0.39 is 0 Å². The number of carbonyl (C=O) groups excluding carboxylic acids is 1. The van der Waals surface area contributed by atoms with Crippen molar-refractivity contribution in [3.05, 3.63) is 71.7 Å². The highest BCUT2D eigenvalue weighted by Crippen LogP contribution is 2.24. The van der Waals surface area contributed by atoms with E-state index in [4.69, 9.17) is 5.26 Å². The van der Waals surface area contributed by atoms with Crippen molar-refractivity contribution in [2.24, 2.45) is 0 Å². The van der Waals surface area contributed by atoms with Gasteiger partial charge in [-0.1, -0.05) is 24.3 Å². The smallest absolute Gasteiger partial charge is 0.163 e. The molecule has 0 fully saturated rings. The second-order valence-corrected chi connectivity index (χ2v) is 5.05. The molecule has 3 rings (SSSR count). The van der Waals surface area contributed by atoms with Crippen LogP contribution in [0.1, 0.15) is 23.0 Å². The van der Waals surface area contributed by atoms with Crippen molar-refractivity contribution in [1.29, 1.82) is 5.26 Å². The zero-order chi connectivity index (χ0) is 16.4. The molecule has 2 aromatic carbocycles. The van der Waals surface area contributed by atoms with E-state index in [9.17, 15) is 9.18 Å². The molecule has 0 N–H and O–H groups in total. The number of hydrogen-bond donors (Lipinski definition) is 0. The van der Waals surface area contributed by atoms with Crippen LogP contribution in [0.5, 0.6) is 0 Å². The van der Waals surface area contributed by atoms with Crippen LogP contribution in [0, 0.1) is 17.1 Å². The lowest BCUT2D eigenvalue weighted by atomic mass is 10.1. The maximum Gasteiger partial charge on any atom is 0.163 e. The molecule has 1 aromatic heterocycles. The zero-order valence-corrected chi connectivity index (χ0v) is 12.3. The van der Waals surface area contributed by atoms with Crippen LogP contribution >= 0.6 is 0 Å². The average Bonchev–Trinajstić information content (AvgIpc) is 3.00. The van der Waals surface area contributed by atoms with Crippen LogP contribution in [0.3, 0.4) is 0 Å². The van der Waals surface area contributed by atoms with Crippen LogP contribution < -0.4 is 0 Å². The topological polar surface area (TPSA) is 58.7 Å². The van der Waals surface area contributed by atoms with Crippen molar-refractivity contribution < 1.29 is 9.18 Å². The van der Waals surface area contributed by atoms with Gasteiger partial charge in [0, 0.05) is 17.2 Å². The van der Waals surface area contributed by atoms with Crippen LogP contribution in [0.25, 0.3) is 16.9 Å². The van der Waals surface area contributed by atoms with E-state index in [1.165, 1.54) is 19.1 Å². The Balaban J connectivity index is 2.11. The monoisotopic (exact) mass is 305 g/mol. The molecule has 0 aliphatic rings. The van der Waals surface area contributed by atoms with Gasteiger partial charge in [-0.25, -0.2) is 9.07 Å². The van der Waals surface area contributed by atoms with Gasteiger partial charge in [0.1, 0.15) is 11.9 Å². The highest BCUT2D eigenvalue weighted by atomic mass is 19.1. The number of halogens is 1. The first kappa shape index (κ1) is 14.7. The number of hydrogen-bond acceptors (Lipinski definition) is 3. The van der Waals surface area contributed by atoms with Crippen LogP contribution in [0.15, 0.2) is 54.6 Å². The standard InChI is InChI=1S/C18H12FN3O/c1-12(23)13-2-4-14(5-3-13)18-10-16(11-20)21-22(18)17-8-6-15(19)7-9-17/h2-10H,1H3. The Labute approximate surface area is 132 Å². The molecule has 3 aromatic rings. The lowest BCUT2D eigenvalue weighted by molar-refractivity contribution is 0.101. The molecule has 0 spiro atoms. The highest BCUT2D eigenvalue weighted by molar-refractivity contribution is 5.94. The second kappa shape index (κ2) is 5.85. The number of aromatic nitrogens is 2. The molecule has 0 aliphatic carbocycles. The van der Waals surface area contributed by atoms with Crippen molar-refractivity contribution in [2.45, 2.75) is 6.92 Å². The number of rotatable bonds is 3. The molecule has 0 unspecified atom stereocenters. The van der Waals surface area contributed by atoms with Crippen LogP contribution in [-0.4, -0.2) is 15.6 Å². The average molecular weight is 305 g/mol. The van der Waals surface area contributed by atoms with Crippen molar-refractivity contribution in [3.63, 3.8) is 0 Å². The molecule has 5 heteroatoms. The molecular formula is C18H12FN3O. The third kappa shape index (κ3) is 2.87. The van der Waals surface area contributed by atoms with Gasteiger partial charge in [0.25, 0.3) is 0 Å². The Morgan fingerprint density at radius 3 is 2.35 bits per heavy atom. The molecule has 0 atom stereocenters. The first-order chi connectivity index (χ1) is 11.1. The van der Waals surface area contributed by atoms with E-state index in [-0.39, 0.29) is 17.3 Å². The molecule has 4 nitrogen and oxygen atoms in total. The van der Waals surface area contributed by atoms with Crippen LogP contribution in [-0.2, 0) is 0 Å². The van der Waals surface area contributed by atoms with Crippen LogP contribution in [0.2, 0.25) is 0 Å². The summed E-state index contributed by atoms with van der Waals surface area (Å²) >= 11 is 0. The minimum absolute atomic E-state index is 0.0127. The van der Waals surface area contributed by atoms with E-state index in [0.717, 1.165) is 5.56 Å². The number of Topliss-reactive ketones (excluding diaryl/α,β-unsaturated/α-hetero) is 1. The Morgan fingerprint density at radius 2 is 1.78 bits per heavy atom. The molecule has 23 heavy (non-hydrogen) atoms. The van der Waals surface area contributed by atoms with Gasteiger partial charge < -0.3 is 0 Å². The summed E-state index contributed by atoms with van der Waals surface area (Å²) in [6.45, 7) is 1.51. The van der Waals surface area contributed by atoms with Gasteiger partial charge in [0.2, 0.25) is 0 Å². The predicted molar refractivity (Wildman–Crippen MR) is 83.7 cm³/mol. The van der Waals surface area contributed by atoms with Crippen molar-refractivity contribution in [2.75, 3.05) is 0 Å². The van der Waals surface area contributed by atoms with E-state index in [1.807, 2.05) is 6.07 Å². The number of nitriles is 1. The summed E-state index contributed by atoms with van der Waals surface area (Å²) in [5.74, 6) is -0.352. The summed E-state index contributed by atoms with van der Waals surface area (Å²) < 4.78 is 14.7. The number of nitrogens with zero attached hydrogens (tertiary/aromatic N) is 3. The second-order valence-electron chi connectivity index (χ2n) is 5.05. The first-order valence-corrected chi connectivity index (χ1v) is 6.96. The van der Waals surface area contributed by atoms with E-state index >= 15 is 0 Å². The maximum absolute atomic E-state index is 13.1. The lowest BCUT2D eigenvalue weighted by Gasteiger charge is -2.08. The molecule has 0 saturated carbocycles. The summed E-state index contributed by atoms with van der Waals surface area (Å²) in [6.07, 6.45) is 0. The molecule has 0 aliphatic heterocycles. The van der Waals surface area contributed by atoms with Gasteiger partial charge >= 0.3 is 0 Å². The Kier molecular flexibility index (Phi) is 3.73. The van der Waals surface area contributed by atoms with Gasteiger partial charge in [0.05, 0.1) is 11.4 Å². The maximum atomic E-state index is 13.1. The largest absolute Gasteiger partial charge is 0.295 e. The van der Waals surface area contributed by atoms with Gasteiger partial charge in [-0.3, -0.25) is 4.79 Å².